The van der Waals surface area contributed by atoms with E-state index < -0.39 is 9.84 Å². The molecule has 20 heavy (non-hydrogen) atoms. The van der Waals surface area contributed by atoms with Crippen LogP contribution in [0.1, 0.15) is 0 Å². The Morgan fingerprint density at radius 3 is 2.25 bits per heavy atom. The number of benzene rings is 2. The zero-order chi connectivity index (χ0) is 14.0. The molecule has 2 aromatic carbocycles. The number of thioether (sulfide) groups is 2. The Bertz CT molecular complexity index is 750. The Hall–Kier alpha value is -1.17. The lowest BCUT2D eigenvalue weighted by Gasteiger charge is -2.15. The molecule has 0 amide bonds. The monoisotopic (exact) mass is 320 g/mol. The Kier molecular flexibility index (Phi) is 3.92. The quantitative estimate of drug-likeness (QED) is 0.849. The Labute approximate surface area is 127 Å². The van der Waals surface area contributed by atoms with Crippen molar-refractivity contribution in [3.8, 4) is 0 Å². The van der Waals surface area contributed by atoms with Crippen molar-refractivity contribution in [2.75, 3.05) is 5.75 Å². The van der Waals surface area contributed by atoms with E-state index in [4.69, 9.17) is 0 Å². The molecule has 0 bridgehead atoms. The van der Waals surface area contributed by atoms with Gasteiger partial charge in [-0.1, -0.05) is 53.9 Å². The van der Waals surface area contributed by atoms with E-state index in [0.29, 0.717) is 4.90 Å². The van der Waals surface area contributed by atoms with Crippen LogP contribution in [0.5, 0.6) is 0 Å². The minimum absolute atomic E-state index is 0.0585. The van der Waals surface area contributed by atoms with Crippen molar-refractivity contribution < 1.29 is 8.42 Å². The minimum atomic E-state index is -3.26. The van der Waals surface area contributed by atoms with Gasteiger partial charge in [-0.05, 0) is 29.7 Å². The van der Waals surface area contributed by atoms with E-state index in [9.17, 15) is 8.42 Å². The molecule has 0 atom stereocenters. The molecule has 1 heterocycles. The Morgan fingerprint density at radius 1 is 0.850 bits per heavy atom. The standard InChI is InChI=1S/C15H12O2S3/c16-20(17,13-6-2-1-3-7-13)11-12-10-18-14-8-4-5-9-15(14)19-12/h1-10H,11H2. The molecule has 0 aliphatic carbocycles. The summed E-state index contributed by atoms with van der Waals surface area (Å²) in [5.41, 5.74) is 0. The van der Waals surface area contributed by atoms with E-state index in [0.717, 1.165) is 9.80 Å². The lowest BCUT2D eigenvalue weighted by Crippen LogP contribution is -2.08. The van der Waals surface area contributed by atoms with Crippen molar-refractivity contribution >= 4 is 33.4 Å². The summed E-state index contributed by atoms with van der Waals surface area (Å²) in [6.07, 6.45) is 0. The summed E-state index contributed by atoms with van der Waals surface area (Å²) in [6, 6.07) is 16.6. The summed E-state index contributed by atoms with van der Waals surface area (Å²) in [6.45, 7) is 0. The third kappa shape index (κ3) is 2.95. The van der Waals surface area contributed by atoms with Gasteiger partial charge in [0.25, 0.3) is 0 Å². The van der Waals surface area contributed by atoms with Gasteiger partial charge < -0.3 is 0 Å². The van der Waals surface area contributed by atoms with Crippen molar-refractivity contribution in [1.29, 1.82) is 0 Å². The number of sulfone groups is 1. The molecule has 0 spiro atoms. The second-order valence-electron chi connectivity index (χ2n) is 4.32. The summed E-state index contributed by atoms with van der Waals surface area (Å²) in [5.74, 6) is 0.0585. The molecular weight excluding hydrogens is 308 g/mol. The van der Waals surface area contributed by atoms with E-state index >= 15 is 0 Å². The molecule has 0 saturated heterocycles. The summed E-state index contributed by atoms with van der Waals surface area (Å²) in [4.78, 5) is 3.56. The number of rotatable bonds is 3. The largest absolute Gasteiger partial charge is 0.223 e. The van der Waals surface area contributed by atoms with Gasteiger partial charge in [0.15, 0.2) is 9.84 Å². The first-order valence-corrected chi connectivity index (χ1v) is 9.40. The maximum Gasteiger partial charge on any atom is 0.183 e. The van der Waals surface area contributed by atoms with E-state index in [1.54, 1.807) is 36.0 Å². The fraction of sp³-hybridized carbons (Fsp3) is 0.0667. The highest BCUT2D eigenvalue weighted by molar-refractivity contribution is 8.09. The van der Waals surface area contributed by atoms with Gasteiger partial charge in [0.05, 0.1) is 10.6 Å². The summed E-state index contributed by atoms with van der Waals surface area (Å²) in [7, 11) is -3.26. The maximum atomic E-state index is 12.3. The highest BCUT2D eigenvalue weighted by Gasteiger charge is 2.20. The topological polar surface area (TPSA) is 34.1 Å². The summed E-state index contributed by atoms with van der Waals surface area (Å²) >= 11 is 3.13. The lowest BCUT2D eigenvalue weighted by atomic mass is 10.4. The molecule has 3 rings (SSSR count). The third-order valence-corrected chi connectivity index (χ3v) is 7.10. The maximum absolute atomic E-state index is 12.3. The van der Waals surface area contributed by atoms with E-state index in [1.165, 1.54) is 16.7 Å². The van der Waals surface area contributed by atoms with Crippen molar-refractivity contribution in [3.63, 3.8) is 0 Å². The SMILES string of the molecule is O=S(=O)(CC1=CSc2ccccc2S1)c1ccccc1. The molecule has 2 aromatic rings. The average Bonchev–Trinajstić information content (AvgIpc) is 2.48. The average molecular weight is 320 g/mol. The molecule has 0 unspecified atom stereocenters. The van der Waals surface area contributed by atoms with Gasteiger partial charge in [0.1, 0.15) is 0 Å². The van der Waals surface area contributed by atoms with Crippen molar-refractivity contribution in [2.24, 2.45) is 0 Å². The van der Waals surface area contributed by atoms with Gasteiger partial charge in [-0.2, -0.15) is 0 Å². The fourth-order valence-corrected chi connectivity index (χ4v) is 5.78. The molecular formula is C15H12O2S3. The van der Waals surface area contributed by atoms with Crippen LogP contribution < -0.4 is 0 Å². The lowest BCUT2D eigenvalue weighted by molar-refractivity contribution is 0.599. The molecule has 0 aromatic heterocycles. The van der Waals surface area contributed by atoms with Gasteiger partial charge in [-0.3, -0.25) is 0 Å². The number of fused-ring (bicyclic) bond motifs is 1. The van der Waals surface area contributed by atoms with E-state index in [1.807, 2.05) is 35.7 Å². The van der Waals surface area contributed by atoms with Crippen LogP contribution in [0.15, 0.2) is 79.6 Å². The first-order chi connectivity index (χ1) is 9.65. The van der Waals surface area contributed by atoms with Gasteiger partial charge >= 0.3 is 0 Å². The van der Waals surface area contributed by atoms with Crippen LogP contribution in [0, 0.1) is 0 Å². The van der Waals surface area contributed by atoms with Crippen molar-refractivity contribution in [2.45, 2.75) is 14.7 Å². The normalized spacial score (nSPS) is 14.5. The zero-order valence-corrected chi connectivity index (χ0v) is 13.0. The number of hydrogen-bond donors (Lipinski definition) is 0. The molecule has 0 N–H and O–H groups in total. The molecule has 1 aliphatic heterocycles. The smallest absolute Gasteiger partial charge is 0.183 e. The second-order valence-corrected chi connectivity index (χ2v) is 8.39. The molecule has 5 heteroatoms. The Morgan fingerprint density at radius 2 is 1.50 bits per heavy atom. The van der Waals surface area contributed by atoms with Crippen molar-refractivity contribution in [1.82, 2.24) is 0 Å². The predicted molar refractivity (Wildman–Crippen MR) is 84.7 cm³/mol. The zero-order valence-electron chi connectivity index (χ0n) is 10.5. The van der Waals surface area contributed by atoms with Crippen LogP contribution in [-0.2, 0) is 9.84 Å². The highest BCUT2D eigenvalue weighted by atomic mass is 32.2. The van der Waals surface area contributed by atoms with E-state index in [2.05, 4.69) is 0 Å². The molecule has 102 valence electrons. The second kappa shape index (κ2) is 5.68. The molecule has 0 radical (unpaired) electrons. The first kappa shape index (κ1) is 13.8. The molecule has 2 nitrogen and oxygen atoms in total. The van der Waals surface area contributed by atoms with Crippen LogP contribution in [-0.4, -0.2) is 14.2 Å². The van der Waals surface area contributed by atoms with Gasteiger partial charge in [0.2, 0.25) is 0 Å². The predicted octanol–water partition coefficient (Wildman–Crippen LogP) is 4.20. The van der Waals surface area contributed by atoms with Gasteiger partial charge in [-0.25, -0.2) is 8.42 Å². The van der Waals surface area contributed by atoms with Crippen LogP contribution in [0.4, 0.5) is 0 Å². The first-order valence-electron chi connectivity index (χ1n) is 6.05. The van der Waals surface area contributed by atoms with E-state index in [-0.39, 0.29) is 5.75 Å². The Balaban J connectivity index is 1.82. The van der Waals surface area contributed by atoms with Crippen LogP contribution in [0.2, 0.25) is 0 Å². The third-order valence-electron chi connectivity index (χ3n) is 2.84. The van der Waals surface area contributed by atoms with Crippen molar-refractivity contribution in [3.05, 3.63) is 64.9 Å². The molecule has 0 fully saturated rings. The minimum Gasteiger partial charge on any atom is -0.223 e. The highest BCUT2D eigenvalue weighted by Crippen LogP contribution is 2.42. The van der Waals surface area contributed by atoms with Gasteiger partial charge in [-0.15, -0.1) is 0 Å². The van der Waals surface area contributed by atoms with Crippen LogP contribution in [0.3, 0.4) is 0 Å². The molecule has 1 aliphatic rings. The van der Waals surface area contributed by atoms with Gasteiger partial charge in [0, 0.05) is 14.7 Å². The summed E-state index contributed by atoms with van der Waals surface area (Å²) < 4.78 is 24.7. The molecule has 0 saturated carbocycles. The fourth-order valence-electron chi connectivity index (χ4n) is 1.89. The van der Waals surface area contributed by atoms with Crippen LogP contribution in [0.25, 0.3) is 0 Å². The van der Waals surface area contributed by atoms with Crippen LogP contribution >= 0.6 is 23.5 Å². The summed E-state index contributed by atoms with van der Waals surface area (Å²) in [5, 5.41) is 1.94. The number of hydrogen-bond acceptors (Lipinski definition) is 4.